The molecule has 0 aliphatic rings. The molecule has 0 spiro atoms. The van der Waals surface area contributed by atoms with Crippen molar-refractivity contribution in [2.45, 2.75) is 0 Å². The maximum atomic E-state index is 6.09. The molecule has 1 aromatic heterocycles. The highest BCUT2D eigenvalue weighted by Gasteiger charge is 2.01. The summed E-state index contributed by atoms with van der Waals surface area (Å²) in [5, 5.41) is 3.86. The van der Waals surface area contributed by atoms with Crippen LogP contribution >= 0.6 is 43.5 Å². The second-order valence-corrected chi connectivity index (χ2v) is 5.38. The molecule has 1 aromatic carbocycles. The molecule has 0 fully saturated rings. The Morgan fingerprint density at radius 2 is 1.88 bits per heavy atom. The monoisotopic (exact) mass is 360 g/mol. The average molecular weight is 362 g/mol. The third kappa shape index (κ3) is 2.97. The maximum absolute atomic E-state index is 6.09. The number of rotatable bonds is 2. The lowest BCUT2D eigenvalue weighted by Gasteiger charge is -2.08. The lowest BCUT2D eigenvalue weighted by molar-refractivity contribution is 1.30. The molecule has 16 heavy (non-hydrogen) atoms. The van der Waals surface area contributed by atoms with E-state index in [-0.39, 0.29) is 0 Å². The normalized spacial score (nSPS) is 10.2. The summed E-state index contributed by atoms with van der Waals surface area (Å²) in [5.74, 6) is 0. The molecule has 0 aliphatic heterocycles. The Bertz CT molecular complexity index is 517. The summed E-state index contributed by atoms with van der Waals surface area (Å²) in [6, 6.07) is 7.62. The highest BCUT2D eigenvalue weighted by atomic mass is 79.9. The molecule has 0 bridgehead atoms. The molecule has 0 atom stereocenters. The molecule has 0 amide bonds. The number of hydrogen-bond acceptors (Lipinski definition) is 2. The number of aromatic nitrogens is 1. The first-order valence-electron chi connectivity index (χ1n) is 4.48. The third-order valence-corrected chi connectivity index (χ3v) is 3.15. The summed E-state index contributed by atoms with van der Waals surface area (Å²) in [6.45, 7) is 0. The van der Waals surface area contributed by atoms with Gasteiger partial charge in [0.25, 0.3) is 0 Å². The molecule has 82 valence electrons. The molecule has 5 heteroatoms. The number of hydrogen-bond donors (Lipinski definition) is 1. The molecule has 0 saturated heterocycles. The number of nitrogens with one attached hydrogen (secondary N) is 1. The molecule has 0 radical (unpaired) electrons. The Morgan fingerprint density at radius 1 is 1.06 bits per heavy atom. The summed E-state index contributed by atoms with van der Waals surface area (Å²) in [4.78, 5) is 4.07. The zero-order valence-electron chi connectivity index (χ0n) is 8.05. The van der Waals surface area contributed by atoms with Crippen LogP contribution in [0.15, 0.2) is 45.6 Å². The minimum atomic E-state index is 0.661. The van der Waals surface area contributed by atoms with Crippen LogP contribution in [-0.2, 0) is 0 Å². The number of anilines is 2. The fourth-order valence-corrected chi connectivity index (χ4v) is 2.31. The van der Waals surface area contributed by atoms with Crippen LogP contribution in [0.25, 0.3) is 0 Å². The molecular formula is C11H7Br2ClN2. The van der Waals surface area contributed by atoms with Gasteiger partial charge < -0.3 is 5.32 Å². The van der Waals surface area contributed by atoms with E-state index in [4.69, 9.17) is 11.6 Å². The van der Waals surface area contributed by atoms with Crippen molar-refractivity contribution in [3.63, 3.8) is 0 Å². The topological polar surface area (TPSA) is 24.9 Å². The SMILES string of the molecule is Clc1cc(Br)ccc1Nc1cncc(Br)c1. The van der Waals surface area contributed by atoms with Crippen LogP contribution in [0, 0.1) is 0 Å². The van der Waals surface area contributed by atoms with Crippen LogP contribution in [0.1, 0.15) is 0 Å². The highest BCUT2D eigenvalue weighted by molar-refractivity contribution is 9.10. The second-order valence-electron chi connectivity index (χ2n) is 3.14. The van der Waals surface area contributed by atoms with Crippen LogP contribution in [0.4, 0.5) is 11.4 Å². The predicted molar refractivity (Wildman–Crippen MR) is 74.4 cm³/mol. The summed E-state index contributed by atoms with van der Waals surface area (Å²) in [6.07, 6.45) is 3.47. The standard InChI is InChI=1S/C11H7Br2ClN2/c12-7-1-2-11(10(14)4-7)16-9-3-8(13)5-15-6-9/h1-6,16H. The lowest BCUT2D eigenvalue weighted by atomic mass is 10.3. The summed E-state index contributed by atoms with van der Waals surface area (Å²) >= 11 is 12.8. The Labute approximate surface area is 115 Å². The fraction of sp³-hybridized carbons (Fsp3) is 0. The largest absolute Gasteiger partial charge is 0.353 e. The van der Waals surface area contributed by atoms with E-state index in [1.54, 1.807) is 12.4 Å². The van der Waals surface area contributed by atoms with Gasteiger partial charge in [0.2, 0.25) is 0 Å². The van der Waals surface area contributed by atoms with Crippen LogP contribution in [0.2, 0.25) is 5.02 Å². The van der Waals surface area contributed by atoms with Crippen molar-refractivity contribution in [3.8, 4) is 0 Å². The van der Waals surface area contributed by atoms with E-state index in [9.17, 15) is 0 Å². The first kappa shape index (κ1) is 11.9. The third-order valence-electron chi connectivity index (χ3n) is 1.92. The van der Waals surface area contributed by atoms with Crippen LogP contribution < -0.4 is 5.32 Å². The molecule has 1 N–H and O–H groups in total. The zero-order valence-corrected chi connectivity index (χ0v) is 12.0. The van der Waals surface area contributed by atoms with E-state index in [0.29, 0.717) is 5.02 Å². The molecule has 0 saturated carbocycles. The Morgan fingerprint density at radius 3 is 2.56 bits per heavy atom. The van der Waals surface area contributed by atoms with E-state index in [2.05, 4.69) is 42.2 Å². The van der Waals surface area contributed by atoms with E-state index < -0.39 is 0 Å². The number of nitrogens with zero attached hydrogens (tertiary/aromatic N) is 1. The Balaban J connectivity index is 2.27. The summed E-state index contributed by atoms with van der Waals surface area (Å²) in [7, 11) is 0. The van der Waals surface area contributed by atoms with Crippen molar-refractivity contribution >= 4 is 54.8 Å². The van der Waals surface area contributed by atoms with Crippen molar-refractivity contribution in [3.05, 3.63) is 50.6 Å². The Kier molecular flexibility index (Phi) is 3.84. The van der Waals surface area contributed by atoms with Gasteiger partial charge in [-0.05, 0) is 40.2 Å². The minimum absolute atomic E-state index is 0.661. The Hall–Kier alpha value is -0.580. The summed E-state index contributed by atoms with van der Waals surface area (Å²) in [5.41, 5.74) is 1.74. The minimum Gasteiger partial charge on any atom is -0.353 e. The first-order valence-corrected chi connectivity index (χ1v) is 6.44. The predicted octanol–water partition coefficient (Wildman–Crippen LogP) is 5.00. The number of pyridine rings is 1. The smallest absolute Gasteiger partial charge is 0.0652 e. The molecule has 2 rings (SSSR count). The van der Waals surface area contributed by atoms with Crippen LogP contribution in [0.5, 0.6) is 0 Å². The summed E-state index contributed by atoms with van der Waals surface area (Å²) < 4.78 is 1.88. The first-order chi connectivity index (χ1) is 7.65. The van der Waals surface area contributed by atoms with Crippen LogP contribution in [0.3, 0.4) is 0 Å². The van der Waals surface area contributed by atoms with Gasteiger partial charge in [-0.1, -0.05) is 27.5 Å². The van der Waals surface area contributed by atoms with Gasteiger partial charge in [-0.25, -0.2) is 0 Å². The van der Waals surface area contributed by atoms with Gasteiger partial charge >= 0.3 is 0 Å². The van der Waals surface area contributed by atoms with E-state index in [1.165, 1.54) is 0 Å². The van der Waals surface area contributed by atoms with Crippen molar-refractivity contribution in [1.29, 1.82) is 0 Å². The van der Waals surface area contributed by atoms with Crippen LogP contribution in [-0.4, -0.2) is 4.98 Å². The van der Waals surface area contributed by atoms with E-state index in [0.717, 1.165) is 20.3 Å². The average Bonchev–Trinajstić information content (AvgIpc) is 2.22. The van der Waals surface area contributed by atoms with Crippen molar-refractivity contribution in [1.82, 2.24) is 4.98 Å². The van der Waals surface area contributed by atoms with Gasteiger partial charge in [0.15, 0.2) is 0 Å². The van der Waals surface area contributed by atoms with Gasteiger partial charge in [-0.15, -0.1) is 0 Å². The quantitative estimate of drug-likeness (QED) is 0.813. The van der Waals surface area contributed by atoms with Crippen molar-refractivity contribution in [2.75, 3.05) is 5.32 Å². The van der Waals surface area contributed by atoms with E-state index in [1.807, 2.05) is 24.3 Å². The molecule has 2 aromatic rings. The second kappa shape index (κ2) is 5.17. The van der Waals surface area contributed by atoms with Gasteiger partial charge in [-0.2, -0.15) is 0 Å². The van der Waals surface area contributed by atoms with Crippen molar-refractivity contribution < 1.29 is 0 Å². The van der Waals surface area contributed by atoms with Gasteiger partial charge in [0.1, 0.15) is 0 Å². The lowest BCUT2D eigenvalue weighted by Crippen LogP contribution is -1.91. The van der Waals surface area contributed by atoms with Gasteiger partial charge in [-0.3, -0.25) is 4.98 Å². The number of benzene rings is 1. The molecular weight excluding hydrogens is 355 g/mol. The highest BCUT2D eigenvalue weighted by Crippen LogP contribution is 2.28. The van der Waals surface area contributed by atoms with Gasteiger partial charge in [0.05, 0.1) is 22.6 Å². The fourth-order valence-electron chi connectivity index (χ4n) is 1.23. The van der Waals surface area contributed by atoms with Crippen molar-refractivity contribution in [2.24, 2.45) is 0 Å². The number of halogens is 3. The molecule has 0 aliphatic carbocycles. The molecule has 1 heterocycles. The molecule has 0 unspecified atom stereocenters. The van der Waals surface area contributed by atoms with E-state index >= 15 is 0 Å². The van der Waals surface area contributed by atoms with Gasteiger partial charge in [0, 0.05) is 15.1 Å². The molecule has 2 nitrogen and oxygen atoms in total. The maximum Gasteiger partial charge on any atom is 0.0652 e. The zero-order chi connectivity index (χ0) is 11.5.